The van der Waals surface area contributed by atoms with Crippen LogP contribution in [0.4, 0.5) is 9.59 Å². The first kappa shape index (κ1) is 19.0. The number of methoxy groups -OCH3 is 1. The van der Waals surface area contributed by atoms with E-state index in [1.54, 1.807) is 27.7 Å². The minimum atomic E-state index is -0.682. The molecule has 0 aliphatic rings. The van der Waals surface area contributed by atoms with E-state index in [2.05, 4.69) is 20.7 Å². The van der Waals surface area contributed by atoms with Gasteiger partial charge in [0.2, 0.25) is 5.91 Å². The number of alkyl carbamates (subject to hydrolysis) is 2. The third kappa shape index (κ3) is 9.53. The van der Waals surface area contributed by atoms with Gasteiger partial charge in [0.05, 0.1) is 7.11 Å². The van der Waals surface area contributed by atoms with Crippen molar-refractivity contribution < 1.29 is 23.9 Å². The van der Waals surface area contributed by atoms with Crippen LogP contribution in [0, 0.1) is 0 Å². The minimum Gasteiger partial charge on any atom is -0.453 e. The Kier molecular flexibility index (Phi) is 8.18. The number of ether oxygens (including phenoxy) is 2. The van der Waals surface area contributed by atoms with Gasteiger partial charge in [0.15, 0.2) is 0 Å². The van der Waals surface area contributed by atoms with E-state index in [0.29, 0.717) is 6.42 Å². The fourth-order valence-corrected chi connectivity index (χ4v) is 1.35. The highest BCUT2D eigenvalue weighted by Crippen LogP contribution is 2.07. The van der Waals surface area contributed by atoms with Crippen molar-refractivity contribution in [3.8, 4) is 0 Å². The van der Waals surface area contributed by atoms with Gasteiger partial charge in [-0.25, -0.2) is 9.59 Å². The van der Waals surface area contributed by atoms with Gasteiger partial charge >= 0.3 is 12.2 Å². The van der Waals surface area contributed by atoms with Crippen molar-refractivity contribution in [2.45, 2.75) is 45.8 Å². The van der Waals surface area contributed by atoms with Crippen LogP contribution in [0.15, 0.2) is 0 Å². The van der Waals surface area contributed by atoms with Crippen molar-refractivity contribution in [3.63, 3.8) is 0 Å². The maximum absolute atomic E-state index is 11.9. The first-order valence-corrected chi connectivity index (χ1v) is 6.78. The van der Waals surface area contributed by atoms with Crippen molar-refractivity contribution in [1.82, 2.24) is 16.0 Å². The first-order valence-electron chi connectivity index (χ1n) is 6.78. The number of amides is 3. The van der Waals surface area contributed by atoms with Crippen LogP contribution in [0.3, 0.4) is 0 Å². The molecule has 0 aliphatic carbocycles. The largest absolute Gasteiger partial charge is 0.453 e. The van der Waals surface area contributed by atoms with Crippen LogP contribution in [0.1, 0.15) is 34.1 Å². The second kappa shape index (κ2) is 9.04. The molecule has 0 saturated heterocycles. The maximum atomic E-state index is 11.9. The summed E-state index contributed by atoms with van der Waals surface area (Å²) in [6.45, 7) is 7.47. The van der Waals surface area contributed by atoms with Crippen LogP contribution in [0.25, 0.3) is 0 Å². The maximum Gasteiger partial charge on any atom is 0.408 e. The van der Waals surface area contributed by atoms with Crippen LogP contribution < -0.4 is 16.0 Å². The smallest absolute Gasteiger partial charge is 0.408 e. The molecule has 0 aromatic carbocycles. The topological polar surface area (TPSA) is 106 Å². The van der Waals surface area contributed by atoms with E-state index in [-0.39, 0.29) is 19.0 Å². The third-order valence-corrected chi connectivity index (χ3v) is 2.29. The van der Waals surface area contributed by atoms with Crippen molar-refractivity contribution in [3.05, 3.63) is 0 Å². The summed E-state index contributed by atoms with van der Waals surface area (Å²) in [5.74, 6) is -0.338. The highest BCUT2D eigenvalue weighted by molar-refractivity contribution is 5.85. The average molecular weight is 303 g/mol. The number of rotatable bonds is 6. The molecule has 1 atom stereocenters. The first-order chi connectivity index (χ1) is 9.69. The SMILES string of the molecule is CC[C@H](NC(=O)OC(C)(C)C)C(=O)NCCNC(=O)OC. The molecule has 0 fully saturated rings. The van der Waals surface area contributed by atoms with Crippen molar-refractivity contribution in [2.75, 3.05) is 20.2 Å². The van der Waals surface area contributed by atoms with E-state index in [4.69, 9.17) is 4.74 Å². The van der Waals surface area contributed by atoms with Crippen LogP contribution in [0.5, 0.6) is 0 Å². The molecule has 122 valence electrons. The zero-order valence-corrected chi connectivity index (χ0v) is 13.2. The van der Waals surface area contributed by atoms with Crippen LogP contribution in [-0.4, -0.2) is 49.9 Å². The molecule has 0 spiro atoms. The van der Waals surface area contributed by atoms with E-state index in [0.717, 1.165) is 0 Å². The normalized spacial score (nSPS) is 12.0. The highest BCUT2D eigenvalue weighted by atomic mass is 16.6. The van der Waals surface area contributed by atoms with E-state index in [1.807, 2.05) is 0 Å². The quantitative estimate of drug-likeness (QED) is 0.628. The summed E-state index contributed by atoms with van der Waals surface area (Å²) < 4.78 is 9.48. The van der Waals surface area contributed by atoms with Gasteiger partial charge in [-0.3, -0.25) is 4.79 Å². The van der Waals surface area contributed by atoms with Gasteiger partial charge in [-0.2, -0.15) is 0 Å². The lowest BCUT2D eigenvalue weighted by atomic mass is 10.2. The van der Waals surface area contributed by atoms with Gasteiger partial charge < -0.3 is 25.4 Å². The molecule has 0 aromatic heterocycles. The lowest BCUT2D eigenvalue weighted by Crippen LogP contribution is -2.49. The molecule has 0 bridgehead atoms. The standard InChI is InChI=1S/C13H25N3O5/c1-6-9(16-12(19)21-13(2,3)4)10(17)14-7-8-15-11(18)20-5/h9H,6-8H2,1-5H3,(H,14,17)(H,15,18)(H,16,19)/t9-/m0/s1. The zero-order chi connectivity index (χ0) is 16.5. The molecule has 8 nitrogen and oxygen atoms in total. The number of hydrogen-bond donors (Lipinski definition) is 3. The second-order valence-corrected chi connectivity index (χ2v) is 5.32. The molecule has 0 rings (SSSR count). The Bertz CT molecular complexity index is 365. The fourth-order valence-electron chi connectivity index (χ4n) is 1.35. The van der Waals surface area contributed by atoms with Crippen LogP contribution in [0.2, 0.25) is 0 Å². The molecule has 0 aliphatic heterocycles. The second-order valence-electron chi connectivity index (χ2n) is 5.32. The molecule has 0 heterocycles. The van der Waals surface area contributed by atoms with Gasteiger partial charge in [0.25, 0.3) is 0 Å². The summed E-state index contributed by atoms with van der Waals surface area (Å²) in [6, 6.07) is -0.682. The molecule has 3 N–H and O–H groups in total. The number of hydrogen-bond acceptors (Lipinski definition) is 5. The molecule has 3 amide bonds. The van der Waals surface area contributed by atoms with Gasteiger partial charge in [0.1, 0.15) is 11.6 Å². The Labute approximate surface area is 124 Å². The summed E-state index contributed by atoms with van der Waals surface area (Å²) in [5.41, 5.74) is -0.622. The average Bonchev–Trinajstić information content (AvgIpc) is 2.38. The van der Waals surface area contributed by atoms with Gasteiger partial charge in [-0.05, 0) is 27.2 Å². The number of carbonyl (C=O) groups excluding carboxylic acids is 3. The Hall–Kier alpha value is -1.99. The molecular weight excluding hydrogens is 278 g/mol. The number of nitrogens with one attached hydrogen (secondary N) is 3. The molecule has 0 aromatic rings. The lowest BCUT2D eigenvalue weighted by Gasteiger charge is -2.22. The molecule has 0 saturated carbocycles. The summed E-state index contributed by atoms with van der Waals surface area (Å²) in [6.07, 6.45) is -0.782. The Balaban J connectivity index is 4.13. The lowest BCUT2D eigenvalue weighted by molar-refractivity contribution is -0.123. The summed E-state index contributed by atoms with van der Waals surface area (Å²) in [4.78, 5) is 34.3. The van der Waals surface area contributed by atoms with Crippen LogP contribution >= 0.6 is 0 Å². The summed E-state index contributed by atoms with van der Waals surface area (Å²) in [7, 11) is 1.26. The third-order valence-electron chi connectivity index (χ3n) is 2.29. The van der Waals surface area contributed by atoms with E-state index in [1.165, 1.54) is 7.11 Å². The Morgan fingerprint density at radius 2 is 1.62 bits per heavy atom. The van der Waals surface area contributed by atoms with E-state index < -0.39 is 23.8 Å². The highest BCUT2D eigenvalue weighted by Gasteiger charge is 2.22. The Morgan fingerprint density at radius 3 is 2.10 bits per heavy atom. The van der Waals surface area contributed by atoms with Crippen LogP contribution in [-0.2, 0) is 14.3 Å². The molecular formula is C13H25N3O5. The number of carbonyl (C=O) groups is 3. The molecule has 0 unspecified atom stereocenters. The molecule has 21 heavy (non-hydrogen) atoms. The summed E-state index contributed by atoms with van der Waals surface area (Å²) in [5, 5.41) is 7.53. The molecule has 0 radical (unpaired) electrons. The monoisotopic (exact) mass is 303 g/mol. The Morgan fingerprint density at radius 1 is 1.05 bits per heavy atom. The molecule has 8 heteroatoms. The zero-order valence-electron chi connectivity index (χ0n) is 13.2. The predicted molar refractivity (Wildman–Crippen MR) is 76.9 cm³/mol. The predicted octanol–water partition coefficient (Wildman–Crippen LogP) is 0.762. The fraction of sp³-hybridized carbons (Fsp3) is 0.769. The minimum absolute atomic E-state index is 0.237. The van der Waals surface area contributed by atoms with Crippen molar-refractivity contribution >= 4 is 18.1 Å². The van der Waals surface area contributed by atoms with Gasteiger partial charge in [-0.15, -0.1) is 0 Å². The van der Waals surface area contributed by atoms with Crippen molar-refractivity contribution in [1.29, 1.82) is 0 Å². The van der Waals surface area contributed by atoms with E-state index in [9.17, 15) is 14.4 Å². The van der Waals surface area contributed by atoms with E-state index >= 15 is 0 Å². The van der Waals surface area contributed by atoms with Crippen molar-refractivity contribution in [2.24, 2.45) is 0 Å². The summed E-state index contributed by atoms with van der Waals surface area (Å²) >= 11 is 0. The van der Waals surface area contributed by atoms with Gasteiger partial charge in [0, 0.05) is 13.1 Å². The van der Waals surface area contributed by atoms with Gasteiger partial charge in [-0.1, -0.05) is 6.92 Å².